The first kappa shape index (κ1) is 15.9. The van der Waals surface area contributed by atoms with E-state index < -0.39 is 0 Å². The molecule has 0 aliphatic carbocycles. The number of halogens is 1. The van der Waals surface area contributed by atoms with Crippen molar-refractivity contribution in [2.75, 3.05) is 6.54 Å². The first-order valence-corrected chi connectivity index (χ1v) is 8.26. The van der Waals surface area contributed by atoms with E-state index in [9.17, 15) is 4.79 Å². The molecule has 23 heavy (non-hydrogen) atoms. The molecule has 1 aliphatic heterocycles. The van der Waals surface area contributed by atoms with Gasteiger partial charge in [-0.15, -0.1) is 0 Å². The van der Waals surface area contributed by atoms with Crippen LogP contribution in [0.2, 0.25) is 5.02 Å². The Bertz CT molecular complexity index is 725. The van der Waals surface area contributed by atoms with Crippen molar-refractivity contribution < 1.29 is 4.79 Å². The van der Waals surface area contributed by atoms with E-state index in [4.69, 9.17) is 11.6 Å². The molecule has 0 radical (unpaired) electrons. The van der Waals surface area contributed by atoms with Crippen LogP contribution in [0.3, 0.4) is 0 Å². The molecular weight excluding hydrogens is 312 g/mol. The van der Waals surface area contributed by atoms with Gasteiger partial charge in [-0.2, -0.15) is 5.10 Å². The SMILES string of the molecule is CCc1ccc2c(c1)CCN(C(=O)NCc1nn(C)cc1Cl)C2. The lowest BCUT2D eigenvalue weighted by atomic mass is 9.97. The molecule has 6 heteroatoms. The molecule has 0 bridgehead atoms. The molecule has 2 heterocycles. The summed E-state index contributed by atoms with van der Waals surface area (Å²) in [5, 5.41) is 7.71. The van der Waals surface area contributed by atoms with E-state index >= 15 is 0 Å². The molecular formula is C17H21ClN4O. The lowest BCUT2D eigenvalue weighted by molar-refractivity contribution is 0.192. The maximum absolute atomic E-state index is 12.4. The van der Waals surface area contributed by atoms with Gasteiger partial charge in [-0.05, 0) is 29.5 Å². The topological polar surface area (TPSA) is 50.2 Å². The maximum Gasteiger partial charge on any atom is 0.318 e. The number of aryl methyl sites for hydroxylation is 2. The van der Waals surface area contributed by atoms with Gasteiger partial charge in [0.1, 0.15) is 5.69 Å². The van der Waals surface area contributed by atoms with E-state index in [0.717, 1.165) is 19.4 Å². The Morgan fingerprint density at radius 1 is 1.39 bits per heavy atom. The second-order valence-electron chi connectivity index (χ2n) is 5.88. The highest BCUT2D eigenvalue weighted by Crippen LogP contribution is 2.21. The van der Waals surface area contributed by atoms with Crippen LogP contribution in [-0.4, -0.2) is 27.3 Å². The van der Waals surface area contributed by atoms with Crippen LogP contribution >= 0.6 is 11.6 Å². The number of hydrogen-bond acceptors (Lipinski definition) is 2. The third kappa shape index (κ3) is 3.50. The van der Waals surface area contributed by atoms with E-state index in [1.807, 2.05) is 11.9 Å². The van der Waals surface area contributed by atoms with E-state index in [1.165, 1.54) is 16.7 Å². The fraction of sp³-hybridized carbons (Fsp3) is 0.412. The van der Waals surface area contributed by atoms with Crippen molar-refractivity contribution in [3.8, 4) is 0 Å². The van der Waals surface area contributed by atoms with Gasteiger partial charge < -0.3 is 10.2 Å². The Kier molecular flexibility index (Phi) is 4.57. The zero-order valence-electron chi connectivity index (χ0n) is 13.5. The average Bonchev–Trinajstić information content (AvgIpc) is 2.89. The number of nitrogens with one attached hydrogen (secondary N) is 1. The number of nitrogens with zero attached hydrogens (tertiary/aromatic N) is 3. The molecule has 0 atom stereocenters. The highest BCUT2D eigenvalue weighted by molar-refractivity contribution is 6.31. The Morgan fingerprint density at radius 2 is 2.22 bits per heavy atom. The van der Waals surface area contributed by atoms with Crippen molar-refractivity contribution in [2.45, 2.75) is 32.9 Å². The average molecular weight is 333 g/mol. The van der Waals surface area contributed by atoms with Crippen LogP contribution < -0.4 is 5.32 Å². The molecule has 0 saturated heterocycles. The summed E-state index contributed by atoms with van der Waals surface area (Å²) in [5.41, 5.74) is 4.64. The molecule has 0 saturated carbocycles. The summed E-state index contributed by atoms with van der Waals surface area (Å²) < 4.78 is 1.65. The maximum atomic E-state index is 12.4. The monoisotopic (exact) mass is 332 g/mol. The molecule has 1 aromatic heterocycles. The number of rotatable bonds is 3. The Balaban J connectivity index is 1.61. The predicted octanol–water partition coefficient (Wildman–Crippen LogP) is 2.90. The van der Waals surface area contributed by atoms with Gasteiger partial charge in [0.2, 0.25) is 0 Å². The minimum atomic E-state index is -0.0723. The molecule has 3 rings (SSSR count). The van der Waals surface area contributed by atoms with Crippen molar-refractivity contribution in [3.63, 3.8) is 0 Å². The molecule has 5 nitrogen and oxygen atoms in total. The molecule has 1 aromatic carbocycles. The van der Waals surface area contributed by atoms with Gasteiger partial charge >= 0.3 is 6.03 Å². The van der Waals surface area contributed by atoms with Gasteiger partial charge in [-0.25, -0.2) is 4.79 Å². The minimum Gasteiger partial charge on any atom is -0.332 e. The number of benzene rings is 1. The second-order valence-corrected chi connectivity index (χ2v) is 6.29. The summed E-state index contributed by atoms with van der Waals surface area (Å²) in [7, 11) is 1.81. The van der Waals surface area contributed by atoms with Gasteiger partial charge in [0.25, 0.3) is 0 Å². The molecule has 0 fully saturated rings. The fourth-order valence-corrected chi connectivity index (χ4v) is 3.14. The van der Waals surface area contributed by atoms with Crippen LogP contribution in [0.1, 0.15) is 29.3 Å². The summed E-state index contributed by atoms with van der Waals surface area (Å²) in [4.78, 5) is 14.2. The van der Waals surface area contributed by atoms with Crippen LogP contribution in [0.5, 0.6) is 0 Å². The Morgan fingerprint density at radius 3 is 2.91 bits per heavy atom. The normalized spacial score (nSPS) is 13.8. The Hall–Kier alpha value is -2.01. The number of urea groups is 1. The smallest absolute Gasteiger partial charge is 0.318 e. The second kappa shape index (κ2) is 6.62. The van der Waals surface area contributed by atoms with Crippen LogP contribution in [0.25, 0.3) is 0 Å². The Labute approximate surface area is 141 Å². The van der Waals surface area contributed by atoms with Gasteiger partial charge in [0, 0.05) is 26.3 Å². The summed E-state index contributed by atoms with van der Waals surface area (Å²) in [6.45, 7) is 3.90. The molecule has 1 aliphatic rings. The molecule has 2 amide bonds. The lowest BCUT2D eigenvalue weighted by Gasteiger charge is -2.29. The van der Waals surface area contributed by atoms with Crippen molar-refractivity contribution in [1.82, 2.24) is 20.0 Å². The van der Waals surface area contributed by atoms with Crippen LogP contribution in [-0.2, 0) is 33.0 Å². The predicted molar refractivity (Wildman–Crippen MR) is 90.4 cm³/mol. The largest absolute Gasteiger partial charge is 0.332 e. The van der Waals surface area contributed by atoms with E-state index in [1.54, 1.807) is 10.9 Å². The van der Waals surface area contributed by atoms with Crippen LogP contribution in [0, 0.1) is 0 Å². The highest BCUT2D eigenvalue weighted by Gasteiger charge is 2.21. The summed E-state index contributed by atoms with van der Waals surface area (Å²) in [6, 6.07) is 6.48. The quantitative estimate of drug-likeness (QED) is 0.939. The van der Waals surface area contributed by atoms with Crippen molar-refractivity contribution in [3.05, 3.63) is 51.8 Å². The number of hydrogen-bond donors (Lipinski definition) is 1. The molecule has 122 valence electrons. The van der Waals surface area contributed by atoms with E-state index in [0.29, 0.717) is 23.8 Å². The third-order valence-electron chi connectivity index (χ3n) is 4.24. The fourth-order valence-electron chi connectivity index (χ4n) is 2.90. The number of fused-ring (bicyclic) bond motifs is 1. The lowest BCUT2D eigenvalue weighted by Crippen LogP contribution is -2.42. The van der Waals surface area contributed by atoms with E-state index in [2.05, 4.69) is 35.5 Å². The summed E-state index contributed by atoms with van der Waals surface area (Å²) >= 11 is 6.06. The molecule has 1 N–H and O–H groups in total. The number of carbonyl (C=O) groups excluding carboxylic acids is 1. The standard InChI is InChI=1S/C17H21ClN4O/c1-3-12-4-5-14-10-22(7-6-13(14)8-12)17(23)19-9-16-15(18)11-21(2)20-16/h4-5,8,11H,3,6-7,9-10H2,1-2H3,(H,19,23). The van der Waals surface area contributed by atoms with Crippen molar-refractivity contribution in [2.24, 2.45) is 7.05 Å². The summed E-state index contributed by atoms with van der Waals surface area (Å²) in [5.74, 6) is 0. The zero-order chi connectivity index (χ0) is 16.4. The van der Waals surface area contributed by atoms with Crippen LogP contribution in [0.4, 0.5) is 4.79 Å². The third-order valence-corrected chi connectivity index (χ3v) is 4.56. The van der Waals surface area contributed by atoms with Gasteiger partial charge in [-0.1, -0.05) is 36.7 Å². The molecule has 2 aromatic rings. The molecule has 0 spiro atoms. The molecule has 0 unspecified atom stereocenters. The first-order valence-electron chi connectivity index (χ1n) is 7.88. The minimum absolute atomic E-state index is 0.0723. The zero-order valence-corrected chi connectivity index (χ0v) is 14.2. The summed E-state index contributed by atoms with van der Waals surface area (Å²) in [6.07, 6.45) is 3.68. The van der Waals surface area contributed by atoms with Gasteiger partial charge in [0.15, 0.2) is 0 Å². The van der Waals surface area contributed by atoms with Crippen molar-refractivity contribution in [1.29, 1.82) is 0 Å². The van der Waals surface area contributed by atoms with Crippen LogP contribution in [0.15, 0.2) is 24.4 Å². The number of amides is 2. The van der Waals surface area contributed by atoms with Crippen molar-refractivity contribution >= 4 is 17.6 Å². The first-order chi connectivity index (χ1) is 11.1. The van der Waals surface area contributed by atoms with Gasteiger partial charge in [0.05, 0.1) is 11.6 Å². The van der Waals surface area contributed by atoms with Gasteiger partial charge in [-0.3, -0.25) is 4.68 Å². The number of aromatic nitrogens is 2. The number of carbonyl (C=O) groups is 1. The highest BCUT2D eigenvalue weighted by atomic mass is 35.5. The van der Waals surface area contributed by atoms with E-state index in [-0.39, 0.29) is 6.03 Å².